The smallest absolute Gasteiger partial charge is 0.231 e. The molecule has 1 atom stereocenters. The standard InChI is InChI=1S/C20H24N2O4S/c1-22(2)15(14-8-9-17-18(11-14)26-13-25-17)12-21-20(24)7-3-5-16(23)19-6-4-10-27-19/h4,6,8-11,15H,3,5,7,12-13H2,1-2H3,(H,21,24). The molecule has 144 valence electrons. The van der Waals surface area contributed by atoms with Crippen LogP contribution < -0.4 is 14.8 Å². The third-order valence-electron chi connectivity index (χ3n) is 4.50. The Morgan fingerprint density at radius 2 is 2.00 bits per heavy atom. The van der Waals surface area contributed by atoms with Crippen molar-refractivity contribution in [3.05, 3.63) is 46.2 Å². The summed E-state index contributed by atoms with van der Waals surface area (Å²) in [6.07, 6.45) is 1.30. The van der Waals surface area contributed by atoms with E-state index < -0.39 is 0 Å². The zero-order chi connectivity index (χ0) is 19.2. The Hall–Kier alpha value is -2.38. The van der Waals surface area contributed by atoms with Crippen LogP contribution in [-0.2, 0) is 4.79 Å². The lowest BCUT2D eigenvalue weighted by molar-refractivity contribution is -0.121. The number of amides is 1. The fourth-order valence-electron chi connectivity index (χ4n) is 2.99. The summed E-state index contributed by atoms with van der Waals surface area (Å²) in [6, 6.07) is 9.55. The monoisotopic (exact) mass is 388 g/mol. The predicted octanol–water partition coefficient (Wildman–Crippen LogP) is 3.25. The summed E-state index contributed by atoms with van der Waals surface area (Å²) in [4.78, 5) is 27.0. The Labute approximate surface area is 163 Å². The lowest BCUT2D eigenvalue weighted by atomic mass is 10.0. The number of fused-ring (bicyclic) bond motifs is 1. The number of carbonyl (C=O) groups is 2. The molecule has 1 aromatic heterocycles. The predicted molar refractivity (Wildman–Crippen MR) is 105 cm³/mol. The van der Waals surface area contributed by atoms with Gasteiger partial charge in [-0.3, -0.25) is 9.59 Å². The SMILES string of the molecule is CN(C)C(CNC(=O)CCCC(=O)c1cccs1)c1ccc2c(c1)OCO2. The van der Waals surface area contributed by atoms with E-state index in [-0.39, 0.29) is 24.5 Å². The van der Waals surface area contributed by atoms with E-state index in [0.29, 0.717) is 25.8 Å². The summed E-state index contributed by atoms with van der Waals surface area (Å²) in [5, 5.41) is 4.86. The van der Waals surface area contributed by atoms with Gasteiger partial charge in [0.2, 0.25) is 12.7 Å². The van der Waals surface area contributed by atoms with Crippen molar-refractivity contribution in [2.24, 2.45) is 0 Å². The third kappa shape index (κ3) is 5.08. The van der Waals surface area contributed by atoms with Crippen LogP contribution in [0.25, 0.3) is 0 Å². The molecule has 1 unspecified atom stereocenters. The van der Waals surface area contributed by atoms with E-state index in [1.165, 1.54) is 11.3 Å². The minimum absolute atomic E-state index is 0.0243. The highest BCUT2D eigenvalue weighted by atomic mass is 32.1. The second-order valence-electron chi connectivity index (χ2n) is 6.65. The number of hydrogen-bond donors (Lipinski definition) is 1. The Bertz CT molecular complexity index is 789. The van der Waals surface area contributed by atoms with E-state index in [2.05, 4.69) is 10.2 Å². The molecule has 7 heteroatoms. The van der Waals surface area contributed by atoms with Gasteiger partial charge in [-0.05, 0) is 49.7 Å². The molecule has 0 bridgehead atoms. The van der Waals surface area contributed by atoms with Gasteiger partial charge in [-0.15, -0.1) is 11.3 Å². The van der Waals surface area contributed by atoms with Gasteiger partial charge in [-0.1, -0.05) is 12.1 Å². The fourth-order valence-corrected chi connectivity index (χ4v) is 3.68. The molecule has 1 aliphatic heterocycles. The summed E-state index contributed by atoms with van der Waals surface area (Å²) in [5.74, 6) is 1.54. The molecule has 2 heterocycles. The van der Waals surface area contributed by atoms with Crippen molar-refractivity contribution >= 4 is 23.0 Å². The molecular formula is C20H24N2O4S. The molecule has 1 aromatic carbocycles. The average molecular weight is 388 g/mol. The average Bonchev–Trinajstić information content (AvgIpc) is 3.33. The number of thiophene rings is 1. The Morgan fingerprint density at radius 1 is 1.19 bits per heavy atom. The van der Waals surface area contributed by atoms with Crippen LogP contribution in [0.4, 0.5) is 0 Å². The first-order valence-electron chi connectivity index (χ1n) is 8.94. The van der Waals surface area contributed by atoms with Gasteiger partial charge in [0.1, 0.15) is 0 Å². The van der Waals surface area contributed by atoms with Crippen molar-refractivity contribution in [2.75, 3.05) is 27.4 Å². The maximum atomic E-state index is 12.2. The minimum Gasteiger partial charge on any atom is -0.454 e. The van der Waals surface area contributed by atoms with Crippen molar-refractivity contribution in [1.29, 1.82) is 0 Å². The van der Waals surface area contributed by atoms with Gasteiger partial charge in [0.25, 0.3) is 0 Å². The Morgan fingerprint density at radius 3 is 2.74 bits per heavy atom. The van der Waals surface area contributed by atoms with Crippen molar-refractivity contribution in [3.63, 3.8) is 0 Å². The number of rotatable bonds is 9. The Kier molecular flexibility index (Phi) is 6.47. The maximum Gasteiger partial charge on any atom is 0.231 e. The number of likely N-dealkylation sites (N-methyl/N-ethyl adjacent to an activating group) is 1. The third-order valence-corrected chi connectivity index (χ3v) is 5.41. The first-order chi connectivity index (χ1) is 13.0. The van der Waals surface area contributed by atoms with Crippen LogP contribution in [0.1, 0.15) is 40.5 Å². The van der Waals surface area contributed by atoms with E-state index in [9.17, 15) is 9.59 Å². The largest absolute Gasteiger partial charge is 0.454 e. The second-order valence-corrected chi connectivity index (χ2v) is 7.60. The summed E-state index contributed by atoms with van der Waals surface area (Å²) < 4.78 is 10.8. The number of nitrogens with one attached hydrogen (secondary N) is 1. The zero-order valence-corrected chi connectivity index (χ0v) is 16.4. The van der Waals surface area contributed by atoms with Crippen molar-refractivity contribution in [1.82, 2.24) is 10.2 Å². The summed E-state index contributed by atoms with van der Waals surface area (Å²) in [6.45, 7) is 0.733. The second kappa shape index (κ2) is 9.01. The lowest BCUT2D eigenvalue weighted by Gasteiger charge is -2.25. The van der Waals surface area contributed by atoms with Crippen LogP contribution in [0, 0.1) is 0 Å². The molecule has 0 saturated carbocycles. The summed E-state index contributed by atoms with van der Waals surface area (Å²) in [7, 11) is 3.95. The first kappa shape index (κ1) is 19.4. The highest BCUT2D eigenvalue weighted by molar-refractivity contribution is 7.12. The van der Waals surface area contributed by atoms with Gasteiger partial charge in [0.15, 0.2) is 17.3 Å². The van der Waals surface area contributed by atoms with Crippen molar-refractivity contribution in [2.45, 2.75) is 25.3 Å². The number of Topliss-reactive ketones (excluding diaryl/α,β-unsaturated/α-hetero) is 1. The van der Waals surface area contributed by atoms with Crippen LogP contribution in [0.5, 0.6) is 11.5 Å². The van der Waals surface area contributed by atoms with Crippen LogP contribution >= 0.6 is 11.3 Å². The topological polar surface area (TPSA) is 67.9 Å². The summed E-state index contributed by atoms with van der Waals surface area (Å²) in [5.41, 5.74) is 1.05. The lowest BCUT2D eigenvalue weighted by Crippen LogP contribution is -2.34. The molecule has 3 rings (SSSR count). The molecule has 1 amide bonds. The van der Waals surface area contributed by atoms with Crippen molar-refractivity contribution < 1.29 is 19.1 Å². The van der Waals surface area contributed by atoms with E-state index >= 15 is 0 Å². The molecular weight excluding hydrogens is 364 g/mol. The molecule has 2 aromatic rings. The first-order valence-corrected chi connectivity index (χ1v) is 9.82. The van der Waals surface area contributed by atoms with Crippen LogP contribution in [0.15, 0.2) is 35.7 Å². The van der Waals surface area contributed by atoms with E-state index in [1.807, 2.05) is 49.8 Å². The molecule has 1 N–H and O–H groups in total. The fraction of sp³-hybridized carbons (Fsp3) is 0.400. The number of nitrogens with zero attached hydrogens (tertiary/aromatic N) is 1. The minimum atomic E-state index is -0.0402. The van der Waals surface area contributed by atoms with Crippen molar-refractivity contribution in [3.8, 4) is 11.5 Å². The van der Waals surface area contributed by atoms with Crippen LogP contribution in [-0.4, -0.2) is 44.0 Å². The molecule has 0 aliphatic carbocycles. The number of hydrogen-bond acceptors (Lipinski definition) is 6. The molecule has 0 saturated heterocycles. The highest BCUT2D eigenvalue weighted by Gasteiger charge is 2.20. The van der Waals surface area contributed by atoms with Gasteiger partial charge < -0.3 is 19.7 Å². The normalized spacial score (nSPS) is 13.6. The molecule has 0 spiro atoms. The Balaban J connectivity index is 1.47. The number of carbonyl (C=O) groups excluding carboxylic acids is 2. The van der Waals surface area contributed by atoms with E-state index in [1.54, 1.807) is 0 Å². The zero-order valence-electron chi connectivity index (χ0n) is 15.6. The van der Waals surface area contributed by atoms with E-state index in [4.69, 9.17) is 9.47 Å². The van der Waals surface area contributed by atoms with Crippen LogP contribution in [0.3, 0.4) is 0 Å². The number of ketones is 1. The van der Waals surface area contributed by atoms with Gasteiger partial charge >= 0.3 is 0 Å². The van der Waals surface area contributed by atoms with Gasteiger partial charge in [0, 0.05) is 19.4 Å². The number of ether oxygens (including phenoxy) is 2. The van der Waals surface area contributed by atoms with Gasteiger partial charge in [-0.2, -0.15) is 0 Å². The molecule has 6 nitrogen and oxygen atoms in total. The highest BCUT2D eigenvalue weighted by Crippen LogP contribution is 2.34. The van der Waals surface area contributed by atoms with Gasteiger partial charge in [0.05, 0.1) is 10.9 Å². The quantitative estimate of drug-likeness (QED) is 0.668. The summed E-state index contributed by atoms with van der Waals surface area (Å²) >= 11 is 1.44. The van der Waals surface area contributed by atoms with E-state index in [0.717, 1.165) is 21.9 Å². The van der Waals surface area contributed by atoms with Gasteiger partial charge in [-0.25, -0.2) is 0 Å². The van der Waals surface area contributed by atoms with Crippen LogP contribution in [0.2, 0.25) is 0 Å². The number of benzene rings is 1. The molecule has 0 radical (unpaired) electrons. The maximum absolute atomic E-state index is 12.2. The molecule has 27 heavy (non-hydrogen) atoms. The molecule has 1 aliphatic rings. The molecule has 0 fully saturated rings.